The van der Waals surface area contributed by atoms with Gasteiger partial charge in [-0.15, -0.1) is 10.2 Å². The lowest BCUT2D eigenvalue weighted by atomic mass is 10.3. The molecule has 15 heavy (non-hydrogen) atoms. The van der Waals surface area contributed by atoms with E-state index < -0.39 is 0 Å². The number of hydrogen-bond donors (Lipinski definition) is 1. The number of hydrogen-bond acceptors (Lipinski definition) is 5. The molecule has 0 bridgehead atoms. The molecule has 2 aromatic rings. The van der Waals surface area contributed by atoms with Crippen molar-refractivity contribution in [2.45, 2.75) is 16.8 Å². The van der Waals surface area contributed by atoms with Crippen molar-refractivity contribution in [3.63, 3.8) is 0 Å². The summed E-state index contributed by atoms with van der Waals surface area (Å²) >= 11 is 1.44. The number of pyridine rings is 1. The Morgan fingerprint density at radius 3 is 2.87 bits per heavy atom. The van der Waals surface area contributed by atoms with E-state index in [1.54, 1.807) is 12.5 Å². The van der Waals surface area contributed by atoms with Gasteiger partial charge >= 0.3 is 0 Å². The summed E-state index contributed by atoms with van der Waals surface area (Å²) in [6.07, 6.45) is 3.29. The van der Waals surface area contributed by atoms with E-state index in [4.69, 9.17) is 5.11 Å². The van der Waals surface area contributed by atoms with Gasteiger partial charge in [0.1, 0.15) is 11.4 Å². The van der Waals surface area contributed by atoms with E-state index in [1.165, 1.54) is 11.8 Å². The Hall–Kier alpha value is -1.40. The lowest BCUT2D eigenvalue weighted by Gasteiger charge is -2.00. The van der Waals surface area contributed by atoms with Crippen molar-refractivity contribution in [2.24, 2.45) is 7.05 Å². The van der Waals surface area contributed by atoms with Crippen molar-refractivity contribution >= 4 is 11.8 Å². The van der Waals surface area contributed by atoms with Crippen LogP contribution in [-0.4, -0.2) is 24.9 Å². The zero-order valence-electron chi connectivity index (χ0n) is 8.16. The van der Waals surface area contributed by atoms with Crippen LogP contribution in [0.25, 0.3) is 0 Å². The fourth-order valence-electron chi connectivity index (χ4n) is 1.02. The Kier molecular flexibility index (Phi) is 2.98. The fourth-order valence-corrected chi connectivity index (χ4v) is 1.73. The van der Waals surface area contributed by atoms with Gasteiger partial charge in [0.25, 0.3) is 0 Å². The molecule has 0 spiro atoms. The average Bonchev–Trinajstić information content (AvgIpc) is 2.66. The fraction of sp³-hybridized carbons (Fsp3) is 0.222. The third-order valence-electron chi connectivity index (χ3n) is 1.85. The van der Waals surface area contributed by atoms with Gasteiger partial charge in [0.05, 0.1) is 6.61 Å². The number of aliphatic hydroxyl groups is 1. The molecule has 0 aromatic carbocycles. The topological polar surface area (TPSA) is 63.8 Å². The van der Waals surface area contributed by atoms with Crippen molar-refractivity contribution in [3.05, 3.63) is 30.2 Å². The maximum absolute atomic E-state index is 8.86. The quantitative estimate of drug-likeness (QED) is 0.834. The number of nitrogens with zero attached hydrogens (tertiary/aromatic N) is 4. The van der Waals surface area contributed by atoms with Gasteiger partial charge in [0, 0.05) is 13.2 Å². The van der Waals surface area contributed by atoms with Crippen LogP contribution in [0, 0.1) is 0 Å². The molecule has 2 aromatic heterocycles. The molecule has 0 saturated carbocycles. The van der Waals surface area contributed by atoms with Gasteiger partial charge in [0.15, 0.2) is 5.16 Å². The first-order valence-electron chi connectivity index (χ1n) is 4.37. The van der Waals surface area contributed by atoms with Crippen LogP contribution in [0.4, 0.5) is 0 Å². The van der Waals surface area contributed by atoms with Crippen LogP contribution >= 0.6 is 11.8 Å². The van der Waals surface area contributed by atoms with Crippen LogP contribution in [0.3, 0.4) is 0 Å². The van der Waals surface area contributed by atoms with E-state index in [0.717, 1.165) is 15.7 Å². The summed E-state index contributed by atoms with van der Waals surface area (Å²) in [5.41, 5.74) is 0.803. The van der Waals surface area contributed by atoms with Crippen LogP contribution in [0.2, 0.25) is 0 Å². The molecule has 0 atom stereocenters. The van der Waals surface area contributed by atoms with Crippen molar-refractivity contribution < 1.29 is 5.11 Å². The van der Waals surface area contributed by atoms with Crippen molar-refractivity contribution in [1.82, 2.24) is 19.7 Å². The van der Waals surface area contributed by atoms with Crippen LogP contribution in [-0.2, 0) is 13.7 Å². The predicted molar refractivity (Wildman–Crippen MR) is 55.3 cm³/mol. The van der Waals surface area contributed by atoms with Crippen molar-refractivity contribution in [2.75, 3.05) is 0 Å². The minimum Gasteiger partial charge on any atom is -0.392 e. The molecular formula is C9H10N4OS. The van der Waals surface area contributed by atoms with Crippen LogP contribution in [0.15, 0.2) is 34.8 Å². The standard InChI is InChI=1S/C9H10N4OS/c1-13-6-11-12-9(13)15-8-3-2-7(5-14)4-10-8/h2-4,6,14H,5H2,1H3. The first kappa shape index (κ1) is 10.1. The molecule has 1 N–H and O–H groups in total. The zero-order chi connectivity index (χ0) is 10.7. The number of rotatable bonds is 3. The minimum absolute atomic E-state index is 0.0158. The van der Waals surface area contributed by atoms with E-state index in [9.17, 15) is 0 Å². The highest BCUT2D eigenvalue weighted by Crippen LogP contribution is 2.22. The van der Waals surface area contributed by atoms with Gasteiger partial charge < -0.3 is 9.67 Å². The van der Waals surface area contributed by atoms with Crippen LogP contribution in [0.5, 0.6) is 0 Å². The average molecular weight is 222 g/mol. The summed E-state index contributed by atoms with van der Waals surface area (Å²) in [7, 11) is 1.88. The number of aromatic nitrogens is 4. The van der Waals surface area contributed by atoms with Gasteiger partial charge in [-0.25, -0.2) is 4.98 Å². The van der Waals surface area contributed by atoms with Gasteiger partial charge in [-0.2, -0.15) is 0 Å². The number of aliphatic hydroxyl groups excluding tert-OH is 1. The highest BCUT2D eigenvalue weighted by Gasteiger charge is 2.04. The van der Waals surface area contributed by atoms with Gasteiger partial charge in [-0.05, 0) is 23.4 Å². The summed E-state index contributed by atoms with van der Waals surface area (Å²) in [5.74, 6) is 0. The molecule has 0 unspecified atom stereocenters. The third-order valence-corrected chi connectivity index (χ3v) is 2.85. The second-order valence-corrected chi connectivity index (χ2v) is 3.98. The van der Waals surface area contributed by atoms with E-state index >= 15 is 0 Å². The molecule has 5 nitrogen and oxygen atoms in total. The van der Waals surface area contributed by atoms with Crippen molar-refractivity contribution in [3.8, 4) is 0 Å². The Bertz CT molecular complexity index is 440. The molecule has 78 valence electrons. The second-order valence-electron chi connectivity index (χ2n) is 2.99. The summed E-state index contributed by atoms with van der Waals surface area (Å²) in [6.45, 7) is 0.0158. The molecule has 0 aliphatic carbocycles. The lowest BCUT2D eigenvalue weighted by Crippen LogP contribution is -1.90. The molecule has 2 heterocycles. The molecular weight excluding hydrogens is 212 g/mol. The summed E-state index contributed by atoms with van der Waals surface area (Å²) in [5, 5.41) is 18.2. The Labute approximate surface area is 91.2 Å². The predicted octanol–water partition coefficient (Wildman–Crippen LogP) is 0.854. The maximum atomic E-state index is 8.86. The molecule has 2 rings (SSSR count). The van der Waals surface area contributed by atoms with Crippen LogP contribution in [0.1, 0.15) is 5.56 Å². The van der Waals surface area contributed by atoms with Gasteiger partial charge in [-0.3, -0.25) is 0 Å². The molecule has 0 fully saturated rings. The van der Waals surface area contributed by atoms with E-state index in [1.807, 2.05) is 23.7 Å². The third kappa shape index (κ3) is 2.34. The molecule has 0 radical (unpaired) electrons. The maximum Gasteiger partial charge on any atom is 0.197 e. The summed E-state index contributed by atoms with van der Waals surface area (Å²) in [4.78, 5) is 4.19. The molecule has 0 aliphatic rings. The Morgan fingerprint density at radius 2 is 2.33 bits per heavy atom. The summed E-state index contributed by atoms with van der Waals surface area (Å²) < 4.78 is 1.83. The Morgan fingerprint density at radius 1 is 1.47 bits per heavy atom. The van der Waals surface area contributed by atoms with Crippen LogP contribution < -0.4 is 0 Å². The molecule has 0 saturated heterocycles. The van der Waals surface area contributed by atoms with Crippen molar-refractivity contribution in [1.29, 1.82) is 0 Å². The van der Waals surface area contributed by atoms with E-state index in [0.29, 0.717) is 0 Å². The smallest absolute Gasteiger partial charge is 0.197 e. The first-order chi connectivity index (χ1) is 7.29. The normalized spacial score (nSPS) is 10.5. The molecule has 0 aliphatic heterocycles. The Balaban J connectivity index is 2.14. The van der Waals surface area contributed by atoms with Gasteiger partial charge in [0.2, 0.25) is 0 Å². The SMILES string of the molecule is Cn1cnnc1Sc1ccc(CO)cn1. The number of aryl methyl sites for hydroxylation is 1. The lowest BCUT2D eigenvalue weighted by molar-refractivity contribution is 0.281. The first-order valence-corrected chi connectivity index (χ1v) is 5.19. The highest BCUT2D eigenvalue weighted by atomic mass is 32.2. The van der Waals surface area contributed by atoms with E-state index in [-0.39, 0.29) is 6.61 Å². The van der Waals surface area contributed by atoms with E-state index in [2.05, 4.69) is 15.2 Å². The van der Waals surface area contributed by atoms with Gasteiger partial charge in [-0.1, -0.05) is 6.07 Å². The molecule has 6 heteroatoms. The monoisotopic (exact) mass is 222 g/mol. The molecule has 0 amide bonds. The highest BCUT2D eigenvalue weighted by molar-refractivity contribution is 7.99. The zero-order valence-corrected chi connectivity index (χ0v) is 8.98. The largest absolute Gasteiger partial charge is 0.392 e. The minimum atomic E-state index is 0.0158. The summed E-state index contributed by atoms with van der Waals surface area (Å²) in [6, 6.07) is 3.69. The second kappa shape index (κ2) is 4.41.